The molecular formula is C17H16Cl2N6. The van der Waals surface area contributed by atoms with Crippen LogP contribution in [0.25, 0.3) is 11.0 Å². The van der Waals surface area contributed by atoms with Crippen LogP contribution >= 0.6 is 23.2 Å². The molecule has 25 heavy (non-hydrogen) atoms. The fourth-order valence-electron chi connectivity index (χ4n) is 3.12. The zero-order valence-electron chi connectivity index (χ0n) is 13.7. The number of hydrogen-bond donors (Lipinski definition) is 0. The highest BCUT2D eigenvalue weighted by atomic mass is 35.5. The van der Waals surface area contributed by atoms with Gasteiger partial charge in [-0.05, 0) is 36.7 Å². The summed E-state index contributed by atoms with van der Waals surface area (Å²) in [5, 5.41) is 1.76. The molecule has 3 aromatic heterocycles. The van der Waals surface area contributed by atoms with E-state index < -0.39 is 0 Å². The summed E-state index contributed by atoms with van der Waals surface area (Å²) in [6.07, 6.45) is 1.78. The van der Waals surface area contributed by atoms with Gasteiger partial charge in [0.05, 0.1) is 0 Å². The second kappa shape index (κ2) is 6.61. The van der Waals surface area contributed by atoms with Crippen molar-refractivity contribution in [2.45, 2.75) is 6.92 Å². The lowest BCUT2D eigenvalue weighted by molar-refractivity contribution is 0.647. The molecule has 128 valence electrons. The molecule has 1 aliphatic rings. The van der Waals surface area contributed by atoms with Crippen molar-refractivity contribution in [2.24, 2.45) is 0 Å². The molecule has 1 fully saturated rings. The largest absolute Gasteiger partial charge is 0.367 e. The van der Waals surface area contributed by atoms with Crippen molar-refractivity contribution >= 4 is 45.7 Å². The maximum absolute atomic E-state index is 5.99. The first-order valence-electron chi connectivity index (χ1n) is 8.02. The van der Waals surface area contributed by atoms with Gasteiger partial charge in [0.1, 0.15) is 11.0 Å². The van der Waals surface area contributed by atoms with Gasteiger partial charge in [0.15, 0.2) is 5.65 Å². The summed E-state index contributed by atoms with van der Waals surface area (Å²) in [7, 11) is 0. The first kappa shape index (κ1) is 16.3. The molecule has 0 radical (unpaired) electrons. The average Bonchev–Trinajstić information content (AvgIpc) is 2.60. The molecule has 0 spiro atoms. The van der Waals surface area contributed by atoms with Gasteiger partial charge in [0.25, 0.3) is 0 Å². The molecule has 0 aromatic carbocycles. The number of rotatable bonds is 2. The van der Waals surface area contributed by atoms with E-state index in [1.54, 1.807) is 12.3 Å². The Kier molecular flexibility index (Phi) is 4.31. The zero-order chi connectivity index (χ0) is 17.4. The molecule has 0 N–H and O–H groups in total. The van der Waals surface area contributed by atoms with Crippen molar-refractivity contribution in [2.75, 3.05) is 36.0 Å². The van der Waals surface area contributed by atoms with Gasteiger partial charge in [-0.2, -0.15) is 0 Å². The van der Waals surface area contributed by atoms with E-state index >= 15 is 0 Å². The Morgan fingerprint density at radius 2 is 1.68 bits per heavy atom. The van der Waals surface area contributed by atoms with E-state index in [0.717, 1.165) is 48.8 Å². The van der Waals surface area contributed by atoms with Gasteiger partial charge >= 0.3 is 0 Å². The Morgan fingerprint density at radius 1 is 0.920 bits per heavy atom. The summed E-state index contributed by atoms with van der Waals surface area (Å²) in [4.78, 5) is 21.7. The molecule has 1 aliphatic heterocycles. The van der Waals surface area contributed by atoms with Gasteiger partial charge < -0.3 is 9.80 Å². The van der Waals surface area contributed by atoms with Crippen LogP contribution < -0.4 is 9.80 Å². The molecule has 0 saturated carbocycles. The highest BCUT2D eigenvalue weighted by molar-refractivity contribution is 6.29. The Hall–Kier alpha value is -2.18. The molecule has 1 saturated heterocycles. The molecule has 4 rings (SSSR count). The molecule has 0 bridgehead atoms. The van der Waals surface area contributed by atoms with Crippen LogP contribution in [-0.4, -0.2) is 46.1 Å². The van der Waals surface area contributed by atoms with Crippen molar-refractivity contribution in [1.29, 1.82) is 0 Å². The van der Waals surface area contributed by atoms with Crippen LogP contribution in [0.1, 0.15) is 5.69 Å². The summed E-state index contributed by atoms with van der Waals surface area (Å²) in [5.41, 5.74) is 2.68. The van der Waals surface area contributed by atoms with Gasteiger partial charge in [-0.25, -0.2) is 19.9 Å². The molecule has 3 aromatic rings. The number of nitrogens with zero attached hydrogens (tertiary/aromatic N) is 6. The lowest BCUT2D eigenvalue weighted by Gasteiger charge is -2.37. The van der Waals surface area contributed by atoms with Gasteiger partial charge in [0, 0.05) is 55.2 Å². The fraction of sp³-hybridized carbons (Fsp3) is 0.294. The molecule has 4 heterocycles. The summed E-state index contributed by atoms with van der Waals surface area (Å²) in [6, 6.07) is 7.78. The first-order valence-corrected chi connectivity index (χ1v) is 8.78. The normalized spacial score (nSPS) is 15.0. The highest BCUT2D eigenvalue weighted by Gasteiger charge is 2.20. The average molecular weight is 375 g/mol. The quantitative estimate of drug-likeness (QED) is 0.506. The highest BCUT2D eigenvalue weighted by Crippen LogP contribution is 2.27. The summed E-state index contributed by atoms with van der Waals surface area (Å²) in [5.74, 6) is 0.880. The SMILES string of the molecule is Cc1cc(N2CCN(c3ccnc4nc(Cl)ccc34)CC2)nc(Cl)n1. The maximum Gasteiger partial charge on any atom is 0.224 e. The van der Waals surface area contributed by atoms with E-state index in [1.807, 2.05) is 25.1 Å². The number of piperazine rings is 1. The Morgan fingerprint density at radius 3 is 2.44 bits per heavy atom. The summed E-state index contributed by atoms with van der Waals surface area (Å²) < 4.78 is 0. The lowest BCUT2D eigenvalue weighted by Crippen LogP contribution is -2.47. The molecule has 8 heteroatoms. The number of hydrogen-bond acceptors (Lipinski definition) is 6. The summed E-state index contributed by atoms with van der Waals surface area (Å²) >= 11 is 12.0. The van der Waals surface area contributed by atoms with E-state index in [9.17, 15) is 0 Å². The van der Waals surface area contributed by atoms with Crippen LogP contribution in [0.4, 0.5) is 11.5 Å². The van der Waals surface area contributed by atoms with E-state index in [4.69, 9.17) is 23.2 Å². The standard InChI is InChI=1S/C17H16Cl2N6/c1-11-10-15(23-17(19)21-11)25-8-6-24(7-9-25)13-4-5-20-16-12(13)2-3-14(18)22-16/h2-5,10H,6-9H2,1H3. The molecule has 6 nitrogen and oxygen atoms in total. The van der Waals surface area contributed by atoms with Gasteiger partial charge in [-0.15, -0.1) is 0 Å². The minimum Gasteiger partial charge on any atom is -0.367 e. The third-order valence-electron chi connectivity index (χ3n) is 4.30. The molecule has 0 atom stereocenters. The minimum absolute atomic E-state index is 0.292. The van der Waals surface area contributed by atoms with Crippen molar-refractivity contribution in [1.82, 2.24) is 19.9 Å². The lowest BCUT2D eigenvalue weighted by atomic mass is 10.2. The predicted molar refractivity (Wildman–Crippen MR) is 101 cm³/mol. The second-order valence-electron chi connectivity index (χ2n) is 5.95. The number of fused-ring (bicyclic) bond motifs is 1. The van der Waals surface area contributed by atoms with Crippen molar-refractivity contribution < 1.29 is 0 Å². The van der Waals surface area contributed by atoms with Crippen molar-refractivity contribution in [3.8, 4) is 0 Å². The van der Waals surface area contributed by atoms with Crippen LogP contribution in [0.15, 0.2) is 30.5 Å². The number of halogens is 2. The van der Waals surface area contributed by atoms with Gasteiger partial charge in [0.2, 0.25) is 5.28 Å². The van der Waals surface area contributed by atoms with E-state index in [1.165, 1.54) is 0 Å². The molecule has 0 amide bonds. The van der Waals surface area contributed by atoms with E-state index in [-0.39, 0.29) is 0 Å². The molecule has 0 aliphatic carbocycles. The zero-order valence-corrected chi connectivity index (χ0v) is 15.2. The van der Waals surface area contributed by atoms with Crippen molar-refractivity contribution in [3.63, 3.8) is 0 Å². The van der Waals surface area contributed by atoms with E-state index in [0.29, 0.717) is 16.1 Å². The number of anilines is 2. The number of pyridine rings is 2. The van der Waals surface area contributed by atoms with Gasteiger partial charge in [-0.3, -0.25) is 0 Å². The minimum atomic E-state index is 0.292. The van der Waals surface area contributed by atoms with Crippen LogP contribution in [-0.2, 0) is 0 Å². The Balaban J connectivity index is 1.56. The van der Waals surface area contributed by atoms with Crippen LogP contribution in [0.3, 0.4) is 0 Å². The smallest absolute Gasteiger partial charge is 0.224 e. The second-order valence-corrected chi connectivity index (χ2v) is 6.67. The first-order chi connectivity index (χ1) is 12.1. The Labute approximate surface area is 155 Å². The topological polar surface area (TPSA) is 58.0 Å². The molecule has 0 unspecified atom stereocenters. The Bertz CT molecular complexity index is 904. The monoisotopic (exact) mass is 374 g/mol. The van der Waals surface area contributed by atoms with Crippen LogP contribution in [0.2, 0.25) is 10.4 Å². The van der Waals surface area contributed by atoms with Gasteiger partial charge in [-0.1, -0.05) is 11.6 Å². The maximum atomic E-state index is 5.99. The summed E-state index contributed by atoms with van der Waals surface area (Å²) in [6.45, 7) is 5.40. The van der Waals surface area contributed by atoms with Crippen LogP contribution in [0.5, 0.6) is 0 Å². The van der Waals surface area contributed by atoms with Crippen molar-refractivity contribution in [3.05, 3.63) is 46.6 Å². The predicted octanol–water partition coefficient (Wildman–Crippen LogP) is 3.36. The van der Waals surface area contributed by atoms with E-state index in [2.05, 4.69) is 29.7 Å². The third-order valence-corrected chi connectivity index (χ3v) is 4.68. The molecular weight excluding hydrogens is 359 g/mol. The fourth-order valence-corrected chi connectivity index (χ4v) is 3.49. The number of aromatic nitrogens is 4. The van der Waals surface area contributed by atoms with Crippen LogP contribution in [0, 0.1) is 6.92 Å². The number of aryl methyl sites for hydroxylation is 1. The third kappa shape index (κ3) is 3.32.